The highest BCUT2D eigenvalue weighted by Gasteiger charge is 2.23. The van der Waals surface area contributed by atoms with E-state index in [0.717, 1.165) is 18.5 Å². The number of hydrogen-bond donors (Lipinski definition) is 0. The van der Waals surface area contributed by atoms with Gasteiger partial charge in [0.2, 0.25) is 5.91 Å². The minimum atomic E-state index is -0.0643. The maximum atomic E-state index is 12.8. The fourth-order valence-corrected chi connectivity index (χ4v) is 3.99. The third-order valence-electron chi connectivity index (χ3n) is 5.17. The maximum absolute atomic E-state index is 12.8. The van der Waals surface area contributed by atoms with Crippen LogP contribution in [0.1, 0.15) is 22.3 Å². The molecule has 0 N–H and O–H groups in total. The smallest absolute Gasteiger partial charge is 0.255 e. The average Bonchev–Trinajstić information content (AvgIpc) is 2.96. The van der Waals surface area contributed by atoms with Gasteiger partial charge in [0.1, 0.15) is 0 Å². The van der Waals surface area contributed by atoms with E-state index in [1.165, 1.54) is 0 Å². The molecule has 160 valence electrons. The van der Waals surface area contributed by atoms with Gasteiger partial charge in [-0.1, -0.05) is 53.0 Å². The Bertz CT molecular complexity index is 922. The molecule has 0 unspecified atom stereocenters. The number of carbonyl (C=O) groups is 2. The van der Waals surface area contributed by atoms with Gasteiger partial charge < -0.3 is 9.80 Å². The Kier molecular flexibility index (Phi) is 8.00. The summed E-state index contributed by atoms with van der Waals surface area (Å²) in [5, 5.41) is 1.43. The van der Waals surface area contributed by atoms with E-state index < -0.39 is 0 Å². The molecule has 30 heavy (non-hydrogen) atoms. The molecule has 2 aromatic rings. The third-order valence-corrected chi connectivity index (χ3v) is 6.24. The summed E-state index contributed by atoms with van der Waals surface area (Å²) in [7, 11) is 1.77. The van der Waals surface area contributed by atoms with Crippen LogP contribution in [0.25, 0.3) is 0 Å². The molecule has 0 aliphatic carbocycles. The number of benzene rings is 2. The Morgan fingerprint density at radius 2 is 1.70 bits per heavy atom. The summed E-state index contributed by atoms with van der Waals surface area (Å²) in [5.41, 5.74) is 1.44. The van der Waals surface area contributed by atoms with Gasteiger partial charge in [0.25, 0.3) is 5.91 Å². The lowest BCUT2D eigenvalue weighted by Crippen LogP contribution is -2.40. The highest BCUT2D eigenvalue weighted by molar-refractivity contribution is 6.42. The number of rotatable bonds is 5. The fraction of sp³-hybridized carbons (Fsp3) is 0.364. The molecule has 2 aromatic carbocycles. The Morgan fingerprint density at radius 3 is 2.43 bits per heavy atom. The van der Waals surface area contributed by atoms with Crippen molar-refractivity contribution in [2.75, 3.05) is 39.8 Å². The zero-order valence-electron chi connectivity index (χ0n) is 16.8. The quantitative estimate of drug-likeness (QED) is 0.651. The SMILES string of the molecule is CN(Cc1ccc(Cl)c(Cl)c1)C(=O)CN1CCCN(C(=O)c2ccccc2Cl)CC1. The molecule has 0 atom stereocenters. The Hall–Kier alpha value is -1.79. The first-order chi connectivity index (χ1) is 14.3. The molecule has 1 saturated heterocycles. The summed E-state index contributed by atoms with van der Waals surface area (Å²) in [5.74, 6) is -0.0440. The molecule has 8 heteroatoms. The van der Waals surface area contributed by atoms with Crippen molar-refractivity contribution in [1.82, 2.24) is 14.7 Å². The molecule has 0 bridgehead atoms. The van der Waals surface area contributed by atoms with E-state index in [0.29, 0.717) is 53.4 Å². The molecule has 0 aromatic heterocycles. The molecule has 1 aliphatic rings. The van der Waals surface area contributed by atoms with E-state index >= 15 is 0 Å². The second-order valence-corrected chi connectivity index (χ2v) is 8.62. The third kappa shape index (κ3) is 5.88. The molecule has 0 radical (unpaired) electrons. The van der Waals surface area contributed by atoms with Crippen LogP contribution >= 0.6 is 34.8 Å². The normalized spacial score (nSPS) is 15.0. The van der Waals surface area contributed by atoms with Crippen LogP contribution in [0.15, 0.2) is 42.5 Å². The van der Waals surface area contributed by atoms with Crippen LogP contribution in [0.5, 0.6) is 0 Å². The summed E-state index contributed by atoms with van der Waals surface area (Å²) in [6.45, 7) is 3.38. The largest absolute Gasteiger partial charge is 0.340 e. The molecule has 2 amide bonds. The second kappa shape index (κ2) is 10.5. The number of likely N-dealkylation sites (N-methyl/N-ethyl adjacent to an activating group) is 1. The lowest BCUT2D eigenvalue weighted by Gasteiger charge is -2.24. The van der Waals surface area contributed by atoms with Gasteiger partial charge >= 0.3 is 0 Å². The zero-order chi connectivity index (χ0) is 21.7. The summed E-state index contributed by atoms with van der Waals surface area (Å²) < 4.78 is 0. The first kappa shape index (κ1) is 22.9. The lowest BCUT2D eigenvalue weighted by molar-refractivity contribution is -0.131. The average molecular weight is 469 g/mol. The Balaban J connectivity index is 1.53. The highest BCUT2D eigenvalue weighted by atomic mass is 35.5. The number of hydrogen-bond acceptors (Lipinski definition) is 3. The first-order valence-corrected chi connectivity index (χ1v) is 10.9. The van der Waals surface area contributed by atoms with Crippen molar-refractivity contribution in [3.8, 4) is 0 Å². The van der Waals surface area contributed by atoms with Crippen molar-refractivity contribution in [3.05, 3.63) is 68.7 Å². The molecule has 5 nitrogen and oxygen atoms in total. The fourth-order valence-electron chi connectivity index (χ4n) is 3.45. The van der Waals surface area contributed by atoms with Crippen molar-refractivity contribution < 1.29 is 9.59 Å². The van der Waals surface area contributed by atoms with Gasteiger partial charge in [0, 0.05) is 39.8 Å². The topological polar surface area (TPSA) is 43.9 Å². The van der Waals surface area contributed by atoms with Crippen LogP contribution in [-0.2, 0) is 11.3 Å². The molecular formula is C22H24Cl3N3O2. The van der Waals surface area contributed by atoms with Gasteiger partial charge in [-0.05, 0) is 36.2 Å². The predicted molar refractivity (Wildman–Crippen MR) is 121 cm³/mol. The van der Waals surface area contributed by atoms with Crippen molar-refractivity contribution in [3.63, 3.8) is 0 Å². The van der Waals surface area contributed by atoms with Crippen molar-refractivity contribution in [2.24, 2.45) is 0 Å². The van der Waals surface area contributed by atoms with E-state index in [1.807, 2.05) is 23.1 Å². The molecular weight excluding hydrogens is 445 g/mol. The number of halogens is 3. The molecule has 0 spiro atoms. The Labute approximate surface area is 192 Å². The molecule has 1 fully saturated rings. The van der Waals surface area contributed by atoms with E-state index in [1.54, 1.807) is 36.2 Å². The standard InChI is InChI=1S/C22H24Cl3N3O2/c1-26(14-16-7-8-19(24)20(25)13-16)21(29)15-27-9-4-10-28(12-11-27)22(30)17-5-2-3-6-18(17)23/h2-3,5-8,13H,4,9-12,14-15H2,1H3. The zero-order valence-corrected chi connectivity index (χ0v) is 19.1. The summed E-state index contributed by atoms with van der Waals surface area (Å²) in [6, 6.07) is 12.5. The van der Waals surface area contributed by atoms with Gasteiger partial charge in [-0.3, -0.25) is 14.5 Å². The number of amides is 2. The lowest BCUT2D eigenvalue weighted by atomic mass is 10.2. The molecule has 3 rings (SSSR count). The number of carbonyl (C=O) groups excluding carboxylic acids is 2. The van der Waals surface area contributed by atoms with Gasteiger partial charge in [-0.15, -0.1) is 0 Å². The minimum absolute atomic E-state index is 0.0203. The summed E-state index contributed by atoms with van der Waals surface area (Å²) in [6.07, 6.45) is 0.806. The first-order valence-electron chi connectivity index (χ1n) is 9.79. The molecule has 0 saturated carbocycles. The van der Waals surface area contributed by atoms with Gasteiger partial charge in [0.05, 0.1) is 27.2 Å². The van der Waals surface area contributed by atoms with Crippen LogP contribution in [0, 0.1) is 0 Å². The Morgan fingerprint density at radius 1 is 0.933 bits per heavy atom. The maximum Gasteiger partial charge on any atom is 0.255 e. The number of nitrogens with zero attached hydrogens (tertiary/aromatic N) is 3. The van der Waals surface area contributed by atoms with Gasteiger partial charge in [-0.2, -0.15) is 0 Å². The van der Waals surface area contributed by atoms with Crippen molar-refractivity contribution in [2.45, 2.75) is 13.0 Å². The monoisotopic (exact) mass is 467 g/mol. The van der Waals surface area contributed by atoms with E-state index in [-0.39, 0.29) is 11.8 Å². The van der Waals surface area contributed by atoms with Crippen LogP contribution in [0.2, 0.25) is 15.1 Å². The minimum Gasteiger partial charge on any atom is -0.340 e. The van der Waals surface area contributed by atoms with Gasteiger partial charge in [-0.25, -0.2) is 0 Å². The van der Waals surface area contributed by atoms with Crippen LogP contribution in [0.4, 0.5) is 0 Å². The van der Waals surface area contributed by atoms with Crippen LogP contribution in [-0.4, -0.2) is 66.3 Å². The summed E-state index contributed by atoms with van der Waals surface area (Å²) in [4.78, 5) is 31.1. The molecule has 1 heterocycles. The van der Waals surface area contributed by atoms with Crippen molar-refractivity contribution in [1.29, 1.82) is 0 Å². The molecule has 1 aliphatic heterocycles. The highest BCUT2D eigenvalue weighted by Crippen LogP contribution is 2.23. The summed E-state index contributed by atoms with van der Waals surface area (Å²) >= 11 is 18.2. The van der Waals surface area contributed by atoms with E-state index in [2.05, 4.69) is 4.90 Å². The predicted octanol–water partition coefficient (Wildman–Crippen LogP) is 4.45. The van der Waals surface area contributed by atoms with E-state index in [9.17, 15) is 9.59 Å². The van der Waals surface area contributed by atoms with Crippen LogP contribution in [0.3, 0.4) is 0 Å². The van der Waals surface area contributed by atoms with E-state index in [4.69, 9.17) is 34.8 Å². The van der Waals surface area contributed by atoms with Crippen LogP contribution < -0.4 is 0 Å². The van der Waals surface area contributed by atoms with Gasteiger partial charge in [0.15, 0.2) is 0 Å². The van der Waals surface area contributed by atoms with Crippen molar-refractivity contribution >= 4 is 46.6 Å². The second-order valence-electron chi connectivity index (χ2n) is 7.40.